The van der Waals surface area contributed by atoms with Gasteiger partial charge in [-0.05, 0) is 0 Å². The van der Waals surface area contributed by atoms with E-state index in [2.05, 4.69) is 0 Å². The van der Waals surface area contributed by atoms with Gasteiger partial charge in [0.1, 0.15) is 0 Å². The van der Waals surface area contributed by atoms with E-state index in [0.29, 0.717) is 0 Å². The van der Waals surface area contributed by atoms with Gasteiger partial charge >= 0.3 is 37.4 Å². The number of phosphoric acid groups is 1. The van der Waals surface area contributed by atoms with Gasteiger partial charge in [0.05, 0.1) is 0 Å². The van der Waals surface area contributed by atoms with Crippen LogP contribution in [0.3, 0.4) is 0 Å². The fourth-order valence-electron chi connectivity index (χ4n) is 0. The van der Waals surface area contributed by atoms with Gasteiger partial charge in [0.2, 0.25) is 0 Å². The summed E-state index contributed by atoms with van der Waals surface area (Å²) in [5.74, 6) is 0. The number of hydrogen-bond donors (Lipinski definition) is 3. The van der Waals surface area contributed by atoms with Crippen molar-refractivity contribution < 1.29 is 104 Å². The van der Waals surface area contributed by atoms with Gasteiger partial charge in [-0.2, -0.15) is 0 Å². The molecular weight excluding hydrogens is 333 g/mol. The summed E-state index contributed by atoms with van der Waals surface area (Å²) in [4.78, 5) is 21.6. The van der Waals surface area contributed by atoms with Crippen molar-refractivity contribution in [1.29, 1.82) is 0 Å². The molecule has 5 N–H and O–H groups in total. The van der Waals surface area contributed by atoms with Gasteiger partial charge in [-0.15, -0.1) is 0 Å². The van der Waals surface area contributed by atoms with Crippen molar-refractivity contribution in [2.45, 2.75) is 0 Å². The van der Waals surface area contributed by atoms with Crippen LogP contribution in [0, 0.1) is 0 Å². The minimum absolute atomic E-state index is 0. The molecule has 9 heteroatoms. The van der Waals surface area contributed by atoms with E-state index in [1.54, 1.807) is 0 Å². The predicted octanol–water partition coefficient (Wildman–Crippen LogP) is -4.64. The quantitative estimate of drug-likeness (QED) is 0.305. The molecule has 0 unspecified atom stereocenters. The standard InChI is InChI=1S/Ag.Na.H3O4P.H2O.Zr.H/c;;1-5(2,3)4;;;/h;;(H3,1,2,3,4);1H2;;/q;+1;;;;-1. The molecule has 57 valence electrons. The Balaban J connectivity index is -0.00000000800. The molecule has 0 aliphatic rings. The first-order valence-electron chi connectivity index (χ1n) is 0.783. The van der Waals surface area contributed by atoms with Gasteiger partial charge in [0.25, 0.3) is 0 Å². The van der Waals surface area contributed by atoms with Gasteiger partial charge in [0, 0.05) is 48.6 Å². The van der Waals surface area contributed by atoms with Gasteiger partial charge in [-0.3, -0.25) is 0 Å². The molecule has 0 aromatic carbocycles. The molecule has 0 bridgehead atoms. The van der Waals surface area contributed by atoms with Gasteiger partial charge in [-0.1, -0.05) is 0 Å². The summed E-state index contributed by atoms with van der Waals surface area (Å²) < 4.78 is 8.88. The van der Waals surface area contributed by atoms with E-state index in [9.17, 15) is 0 Å². The van der Waals surface area contributed by atoms with E-state index in [1.807, 2.05) is 0 Å². The molecular formula is H6AgNaO5PZr. The molecule has 5 nitrogen and oxygen atoms in total. The topological polar surface area (TPSA) is 109 Å². The normalized spacial score (nSPS) is 6.56. The Morgan fingerprint density at radius 3 is 1.22 bits per heavy atom. The zero-order chi connectivity index (χ0) is 4.50. The molecule has 0 aliphatic carbocycles. The second kappa shape index (κ2) is 13.3. The van der Waals surface area contributed by atoms with Crippen LogP contribution in [0.2, 0.25) is 0 Å². The zero-order valence-corrected chi connectivity index (χ0v) is 11.3. The first kappa shape index (κ1) is 29.8. The van der Waals surface area contributed by atoms with Crippen LogP contribution in [-0.4, -0.2) is 20.2 Å². The van der Waals surface area contributed by atoms with Crippen molar-refractivity contribution >= 4 is 7.82 Å². The molecule has 0 spiro atoms. The maximum absolute atomic E-state index is 8.88. The van der Waals surface area contributed by atoms with E-state index in [4.69, 9.17) is 19.2 Å². The van der Waals surface area contributed by atoms with E-state index < -0.39 is 7.82 Å². The van der Waals surface area contributed by atoms with Gasteiger partial charge < -0.3 is 21.6 Å². The maximum Gasteiger partial charge on any atom is 1.00 e. The van der Waals surface area contributed by atoms with Gasteiger partial charge in [0.15, 0.2) is 0 Å². The maximum atomic E-state index is 8.88. The Morgan fingerprint density at radius 2 is 1.22 bits per heavy atom. The van der Waals surface area contributed by atoms with Crippen molar-refractivity contribution in [1.82, 2.24) is 0 Å². The summed E-state index contributed by atoms with van der Waals surface area (Å²) in [6.45, 7) is 0. The van der Waals surface area contributed by atoms with Crippen LogP contribution in [-0.2, 0) is 53.1 Å². The number of rotatable bonds is 0. The monoisotopic (exact) mass is 337 g/mol. The van der Waals surface area contributed by atoms with Crippen molar-refractivity contribution in [3.63, 3.8) is 0 Å². The summed E-state index contributed by atoms with van der Waals surface area (Å²) >= 11 is 0. The second-order valence-electron chi connectivity index (χ2n) is 0.513. The third kappa shape index (κ3) is 111. The van der Waals surface area contributed by atoms with Gasteiger partial charge in [-0.25, -0.2) is 4.57 Å². The van der Waals surface area contributed by atoms with Crippen molar-refractivity contribution in [3.05, 3.63) is 0 Å². The van der Waals surface area contributed by atoms with E-state index in [0.717, 1.165) is 0 Å². The Bertz CT molecular complexity index is 67.8. The van der Waals surface area contributed by atoms with Crippen molar-refractivity contribution in [2.24, 2.45) is 0 Å². The molecule has 0 aromatic heterocycles. The number of hydrogen-bond acceptors (Lipinski definition) is 1. The summed E-state index contributed by atoms with van der Waals surface area (Å²) in [5, 5.41) is 0. The van der Waals surface area contributed by atoms with E-state index in [1.165, 1.54) is 0 Å². The molecule has 0 aromatic rings. The second-order valence-corrected chi connectivity index (χ2v) is 1.54. The predicted molar refractivity (Wildman–Crippen MR) is 19.0 cm³/mol. The van der Waals surface area contributed by atoms with E-state index >= 15 is 0 Å². The molecule has 0 amide bonds. The molecule has 0 saturated heterocycles. The molecule has 0 aliphatic heterocycles. The minimum atomic E-state index is -4.64. The SMILES string of the molecule is O.O=P(O)(O)O.[Ag].[H-].[Na+].[Zr]. The van der Waals surface area contributed by atoms with Crippen molar-refractivity contribution in [2.75, 3.05) is 0 Å². The smallest absolute Gasteiger partial charge is 1.00 e. The molecule has 9 heavy (non-hydrogen) atoms. The Kier molecular flexibility index (Phi) is 44.1. The summed E-state index contributed by atoms with van der Waals surface area (Å²) in [7, 11) is -4.64. The third-order valence-corrected chi connectivity index (χ3v) is 0. The Labute approximate surface area is 111 Å². The molecule has 0 saturated carbocycles. The van der Waals surface area contributed by atoms with Crippen LogP contribution in [0.25, 0.3) is 0 Å². The molecule has 0 atom stereocenters. The Hall–Kier alpha value is 2.69. The van der Waals surface area contributed by atoms with Crippen LogP contribution in [0.5, 0.6) is 0 Å². The first-order chi connectivity index (χ1) is 2.00. The first-order valence-corrected chi connectivity index (χ1v) is 2.35. The van der Waals surface area contributed by atoms with Crippen LogP contribution < -0.4 is 29.6 Å². The average molecular weight is 339 g/mol. The van der Waals surface area contributed by atoms with Crippen LogP contribution in [0.1, 0.15) is 1.43 Å². The molecule has 1 radical (unpaired) electrons. The fraction of sp³-hybridized carbons (Fsp3) is 0. The summed E-state index contributed by atoms with van der Waals surface area (Å²) in [6, 6.07) is 0. The van der Waals surface area contributed by atoms with Crippen LogP contribution in [0.4, 0.5) is 0 Å². The van der Waals surface area contributed by atoms with E-state index in [-0.39, 0.29) is 85.0 Å². The fourth-order valence-corrected chi connectivity index (χ4v) is 0. The summed E-state index contributed by atoms with van der Waals surface area (Å²) in [5.41, 5.74) is 0. The zero-order valence-electron chi connectivity index (χ0n) is 5.50. The summed E-state index contributed by atoms with van der Waals surface area (Å²) in [6.07, 6.45) is 0. The minimum Gasteiger partial charge on any atom is -1.00 e. The third-order valence-electron chi connectivity index (χ3n) is 0. The average Bonchev–Trinajstić information content (AvgIpc) is 0.722. The van der Waals surface area contributed by atoms with Crippen LogP contribution in [0.15, 0.2) is 0 Å². The largest absolute Gasteiger partial charge is 1.00 e. The molecule has 0 heterocycles. The van der Waals surface area contributed by atoms with Crippen LogP contribution >= 0.6 is 7.82 Å². The molecule has 0 rings (SSSR count). The van der Waals surface area contributed by atoms with Crippen molar-refractivity contribution in [3.8, 4) is 0 Å². The Morgan fingerprint density at radius 1 is 1.22 bits per heavy atom. The molecule has 0 fully saturated rings.